The highest BCUT2D eigenvalue weighted by Gasteiger charge is 2.37. The summed E-state index contributed by atoms with van der Waals surface area (Å²) in [5.74, 6) is -1.34. The van der Waals surface area contributed by atoms with E-state index in [9.17, 15) is 31.2 Å². The van der Waals surface area contributed by atoms with Gasteiger partial charge in [-0.2, -0.15) is 13.2 Å². The molecule has 7 nitrogen and oxygen atoms in total. The number of benzene rings is 3. The molecule has 0 aliphatic rings. The number of nitrogens with zero attached hydrogens (tertiary/aromatic N) is 2. The molecule has 0 radical (unpaired) electrons. The first-order valence-corrected chi connectivity index (χ1v) is 16.2. The second-order valence-electron chi connectivity index (χ2n) is 9.99. The number of amides is 2. The first kappa shape index (κ1) is 35.5. The van der Waals surface area contributed by atoms with Gasteiger partial charge in [-0.3, -0.25) is 13.9 Å². The molecule has 0 fully saturated rings. The van der Waals surface area contributed by atoms with Gasteiger partial charge in [0.1, 0.15) is 12.6 Å². The molecule has 3 rings (SSSR count). The Morgan fingerprint density at radius 3 is 2.14 bits per heavy atom. The van der Waals surface area contributed by atoms with Crippen molar-refractivity contribution in [1.29, 1.82) is 0 Å². The van der Waals surface area contributed by atoms with Crippen LogP contribution in [0.4, 0.5) is 18.9 Å². The Morgan fingerprint density at radius 1 is 0.909 bits per heavy atom. The molecule has 238 valence electrons. The maximum Gasteiger partial charge on any atom is 0.417 e. The van der Waals surface area contributed by atoms with Gasteiger partial charge in [-0.1, -0.05) is 72.9 Å². The van der Waals surface area contributed by atoms with Crippen molar-refractivity contribution >= 4 is 62.3 Å². The quantitative estimate of drug-likeness (QED) is 0.212. The molecular weight excluding hydrogens is 662 g/mol. The molecule has 3 aromatic rings. The summed E-state index contributed by atoms with van der Waals surface area (Å²) < 4.78 is 69.7. The number of rotatable bonds is 12. The Hall–Kier alpha value is -2.99. The summed E-state index contributed by atoms with van der Waals surface area (Å²) in [6.45, 7) is 4.19. The molecule has 14 heteroatoms. The Kier molecular flexibility index (Phi) is 12.0. The summed E-state index contributed by atoms with van der Waals surface area (Å²) in [6, 6.07) is 12.8. The van der Waals surface area contributed by atoms with Crippen molar-refractivity contribution in [2.75, 3.05) is 10.8 Å². The summed E-state index contributed by atoms with van der Waals surface area (Å²) in [5, 5.41) is 2.73. The molecule has 3 aromatic carbocycles. The zero-order valence-electron chi connectivity index (χ0n) is 24.0. The van der Waals surface area contributed by atoms with E-state index in [-0.39, 0.29) is 28.9 Å². The highest BCUT2D eigenvalue weighted by atomic mass is 35.5. The number of anilines is 1. The van der Waals surface area contributed by atoms with Gasteiger partial charge in [0, 0.05) is 22.6 Å². The minimum atomic E-state index is -4.90. The van der Waals surface area contributed by atoms with Crippen LogP contribution < -0.4 is 9.62 Å². The van der Waals surface area contributed by atoms with Crippen LogP contribution in [0.15, 0.2) is 71.6 Å². The summed E-state index contributed by atoms with van der Waals surface area (Å²) in [6.07, 6.45) is -4.15. The topological polar surface area (TPSA) is 86.8 Å². The fraction of sp³-hybridized carbons (Fsp3) is 0.333. The van der Waals surface area contributed by atoms with Crippen LogP contribution in [-0.4, -0.2) is 43.8 Å². The van der Waals surface area contributed by atoms with E-state index >= 15 is 0 Å². The fourth-order valence-corrected chi connectivity index (χ4v) is 6.45. The molecule has 0 unspecified atom stereocenters. The second-order valence-corrected chi connectivity index (χ2v) is 13.1. The van der Waals surface area contributed by atoms with Gasteiger partial charge in [0.05, 0.1) is 21.2 Å². The molecule has 0 aliphatic carbocycles. The van der Waals surface area contributed by atoms with Crippen LogP contribution in [0, 0.1) is 0 Å². The zero-order chi connectivity index (χ0) is 32.8. The van der Waals surface area contributed by atoms with Gasteiger partial charge < -0.3 is 10.2 Å². The molecule has 2 amide bonds. The van der Waals surface area contributed by atoms with Crippen LogP contribution in [0.2, 0.25) is 15.1 Å². The van der Waals surface area contributed by atoms with Crippen molar-refractivity contribution < 1.29 is 31.2 Å². The van der Waals surface area contributed by atoms with E-state index in [1.807, 2.05) is 6.92 Å². The van der Waals surface area contributed by atoms with Gasteiger partial charge in [0.15, 0.2) is 0 Å². The maximum atomic E-state index is 14.1. The molecular formula is C30H31Cl3F3N3O4S. The van der Waals surface area contributed by atoms with Crippen LogP contribution in [0.3, 0.4) is 0 Å². The third kappa shape index (κ3) is 8.59. The normalized spacial score (nSPS) is 13.2. The van der Waals surface area contributed by atoms with Crippen LogP contribution in [0.1, 0.15) is 44.7 Å². The molecule has 0 bridgehead atoms. The molecule has 2 atom stereocenters. The largest absolute Gasteiger partial charge is 0.417 e. The van der Waals surface area contributed by atoms with Crippen LogP contribution in [0.25, 0.3) is 0 Å². The zero-order valence-corrected chi connectivity index (χ0v) is 27.1. The summed E-state index contributed by atoms with van der Waals surface area (Å²) in [7, 11) is -4.59. The predicted octanol–water partition coefficient (Wildman–Crippen LogP) is 7.58. The average molecular weight is 693 g/mol. The lowest BCUT2D eigenvalue weighted by atomic mass is 10.1. The molecule has 0 spiro atoms. The molecule has 0 heterocycles. The molecule has 1 N–H and O–H groups in total. The standard InChI is InChI=1S/C30H31Cl3F3N3O4S/c1-4-19(3)37-29(41)27(5-2)38(17-20-11-12-21(31)15-26(20)33)28(40)18-39(44(42,43)23-9-7-6-8-10-23)22-13-14-25(32)24(16-22)30(34,35)36/h6-16,19,27H,4-5,17-18H2,1-3H3,(H,37,41)/t19-,27-/m0/s1. The van der Waals surface area contributed by atoms with Gasteiger partial charge in [-0.25, -0.2) is 8.42 Å². The highest BCUT2D eigenvalue weighted by molar-refractivity contribution is 7.92. The number of carbonyl (C=O) groups excluding carboxylic acids is 2. The molecule has 0 saturated carbocycles. The smallest absolute Gasteiger partial charge is 0.352 e. The number of sulfonamides is 1. The lowest BCUT2D eigenvalue weighted by Crippen LogP contribution is -2.53. The van der Waals surface area contributed by atoms with Crippen LogP contribution in [-0.2, 0) is 32.3 Å². The number of carbonyl (C=O) groups is 2. The van der Waals surface area contributed by atoms with E-state index in [0.29, 0.717) is 27.4 Å². The highest BCUT2D eigenvalue weighted by Crippen LogP contribution is 2.38. The summed E-state index contributed by atoms with van der Waals surface area (Å²) >= 11 is 18.2. The van der Waals surface area contributed by atoms with Crippen LogP contribution in [0.5, 0.6) is 0 Å². The van der Waals surface area contributed by atoms with E-state index in [1.165, 1.54) is 35.2 Å². The first-order chi connectivity index (χ1) is 20.6. The van der Waals surface area contributed by atoms with Crippen LogP contribution >= 0.6 is 34.8 Å². The van der Waals surface area contributed by atoms with E-state index in [0.717, 1.165) is 12.1 Å². The Morgan fingerprint density at radius 2 is 1.57 bits per heavy atom. The van der Waals surface area contributed by atoms with E-state index in [1.54, 1.807) is 32.0 Å². The lowest BCUT2D eigenvalue weighted by Gasteiger charge is -2.34. The summed E-state index contributed by atoms with van der Waals surface area (Å²) in [5.41, 5.74) is -1.30. The second kappa shape index (κ2) is 14.9. The van der Waals surface area contributed by atoms with E-state index in [2.05, 4.69) is 5.32 Å². The molecule has 44 heavy (non-hydrogen) atoms. The maximum absolute atomic E-state index is 14.1. The van der Waals surface area contributed by atoms with Crippen molar-refractivity contribution in [2.24, 2.45) is 0 Å². The van der Waals surface area contributed by atoms with Gasteiger partial charge in [0.2, 0.25) is 11.8 Å². The van der Waals surface area contributed by atoms with Crippen molar-refractivity contribution in [3.8, 4) is 0 Å². The Balaban J connectivity index is 2.16. The van der Waals surface area contributed by atoms with Gasteiger partial charge >= 0.3 is 6.18 Å². The Labute approximate surface area is 269 Å². The molecule has 0 aromatic heterocycles. The van der Waals surface area contributed by atoms with Gasteiger partial charge in [-0.05, 0) is 67.8 Å². The number of hydrogen-bond acceptors (Lipinski definition) is 4. The average Bonchev–Trinajstić information content (AvgIpc) is 2.96. The first-order valence-electron chi connectivity index (χ1n) is 13.6. The third-order valence-corrected chi connectivity index (χ3v) is 9.60. The minimum absolute atomic E-state index is 0.143. The predicted molar refractivity (Wildman–Crippen MR) is 166 cm³/mol. The Bertz CT molecular complexity index is 1590. The summed E-state index contributed by atoms with van der Waals surface area (Å²) in [4.78, 5) is 28.4. The number of hydrogen-bond donors (Lipinski definition) is 1. The van der Waals surface area contributed by atoms with E-state index < -0.39 is 56.9 Å². The van der Waals surface area contributed by atoms with Gasteiger partial charge in [0.25, 0.3) is 10.0 Å². The number of alkyl halides is 3. The number of halogens is 6. The van der Waals surface area contributed by atoms with Crippen molar-refractivity contribution in [3.05, 3.63) is 92.9 Å². The van der Waals surface area contributed by atoms with Crippen molar-refractivity contribution in [3.63, 3.8) is 0 Å². The van der Waals surface area contributed by atoms with Crippen molar-refractivity contribution in [2.45, 2.75) is 63.3 Å². The molecule has 0 aliphatic heterocycles. The minimum Gasteiger partial charge on any atom is -0.352 e. The third-order valence-electron chi connectivity index (χ3n) is 6.90. The van der Waals surface area contributed by atoms with Crippen molar-refractivity contribution in [1.82, 2.24) is 10.2 Å². The van der Waals surface area contributed by atoms with Gasteiger partial charge in [-0.15, -0.1) is 0 Å². The lowest BCUT2D eigenvalue weighted by molar-refractivity contribution is -0.140. The molecule has 0 saturated heterocycles. The monoisotopic (exact) mass is 691 g/mol. The van der Waals surface area contributed by atoms with E-state index in [4.69, 9.17) is 34.8 Å². The SMILES string of the molecule is CC[C@H](C)NC(=O)[C@H](CC)N(Cc1ccc(Cl)cc1Cl)C(=O)CN(c1ccc(Cl)c(C(F)(F)F)c1)S(=O)(=O)c1ccccc1. The number of nitrogens with one attached hydrogen (secondary N) is 1. The fourth-order valence-electron chi connectivity index (χ4n) is 4.33.